The molecule has 0 unspecified atom stereocenters. The number of nitro groups is 1. The Labute approximate surface area is 122 Å². The fourth-order valence-corrected chi connectivity index (χ4v) is 3.54. The molecule has 1 aromatic rings. The lowest BCUT2D eigenvalue weighted by Gasteiger charge is -2.48. The normalized spacial score (nSPS) is 20.7. The molecule has 0 bridgehead atoms. The molecule has 2 aliphatic rings. The van der Waals surface area contributed by atoms with Crippen molar-refractivity contribution in [2.45, 2.75) is 31.1 Å². The molecule has 21 heavy (non-hydrogen) atoms. The first-order valence-corrected chi connectivity index (χ1v) is 7.00. The van der Waals surface area contributed by atoms with Gasteiger partial charge in [-0.2, -0.15) is 0 Å². The Morgan fingerprint density at radius 1 is 1.38 bits per heavy atom. The zero-order valence-corrected chi connectivity index (χ0v) is 12.2. The van der Waals surface area contributed by atoms with E-state index in [1.54, 1.807) is 13.1 Å². The number of likely N-dealkylation sites (N-methyl/N-ethyl adjacent to an activating group) is 1. The molecule has 112 valence electrons. The summed E-state index contributed by atoms with van der Waals surface area (Å²) in [4.78, 5) is 28.3. The molecule has 1 spiro atoms. The average molecular weight is 290 g/mol. The third-order valence-electron chi connectivity index (χ3n) is 4.89. The third-order valence-corrected chi connectivity index (χ3v) is 4.89. The van der Waals surface area contributed by atoms with Crippen molar-refractivity contribution in [1.82, 2.24) is 5.06 Å². The zero-order chi connectivity index (χ0) is 15.3. The van der Waals surface area contributed by atoms with Gasteiger partial charge in [-0.25, -0.2) is 5.06 Å². The van der Waals surface area contributed by atoms with Crippen molar-refractivity contribution in [2.75, 3.05) is 14.2 Å². The van der Waals surface area contributed by atoms with Crippen LogP contribution in [-0.2, 0) is 15.0 Å². The number of hydrogen-bond donors (Lipinski definition) is 0. The number of rotatable bonds is 4. The number of nitrogens with zero attached hydrogens (tertiary/aromatic N) is 2. The summed E-state index contributed by atoms with van der Waals surface area (Å²) < 4.78 is 0. The summed E-state index contributed by atoms with van der Waals surface area (Å²) in [6.07, 6.45) is 3.81. The Kier molecular flexibility index (Phi) is 3.02. The highest BCUT2D eigenvalue weighted by atomic mass is 16.7. The molecule has 6 heteroatoms. The number of nitro benzene ring substituents is 1. The van der Waals surface area contributed by atoms with Gasteiger partial charge in [-0.1, -0.05) is 12.1 Å². The lowest BCUT2D eigenvalue weighted by Crippen LogP contribution is -2.54. The third kappa shape index (κ3) is 2.10. The van der Waals surface area contributed by atoms with E-state index < -0.39 is 10.3 Å². The molecule has 1 aromatic carbocycles. The van der Waals surface area contributed by atoms with E-state index in [0.717, 1.165) is 31.2 Å². The van der Waals surface area contributed by atoms with Crippen LogP contribution in [0.1, 0.15) is 31.2 Å². The lowest BCUT2D eigenvalue weighted by molar-refractivity contribution is -0.385. The van der Waals surface area contributed by atoms with E-state index in [1.165, 1.54) is 24.3 Å². The molecule has 0 atom stereocenters. The number of carbonyl (C=O) groups excluding carboxylic acids is 1. The number of hydrogen-bond acceptors (Lipinski definition) is 4. The molecule has 3 rings (SSSR count). The number of benzene rings is 1. The lowest BCUT2D eigenvalue weighted by atomic mass is 9.56. The fourth-order valence-electron chi connectivity index (χ4n) is 3.54. The monoisotopic (exact) mass is 290 g/mol. The maximum Gasteiger partial charge on any atom is 0.269 e. The van der Waals surface area contributed by atoms with Crippen LogP contribution < -0.4 is 0 Å². The van der Waals surface area contributed by atoms with Gasteiger partial charge < -0.3 is 0 Å². The Morgan fingerprint density at radius 3 is 2.57 bits per heavy atom. The van der Waals surface area contributed by atoms with Gasteiger partial charge in [0.1, 0.15) is 0 Å². The number of amides is 1. The van der Waals surface area contributed by atoms with Gasteiger partial charge in [-0.15, -0.1) is 0 Å². The van der Waals surface area contributed by atoms with Gasteiger partial charge in [0.25, 0.3) is 11.6 Å². The molecule has 0 radical (unpaired) electrons. The van der Waals surface area contributed by atoms with Crippen molar-refractivity contribution >= 4 is 11.6 Å². The minimum absolute atomic E-state index is 0.0245. The summed E-state index contributed by atoms with van der Waals surface area (Å²) in [6, 6.07) is 6.43. The molecule has 0 N–H and O–H groups in total. The number of carbonyl (C=O) groups is 1. The molecular formula is C15H18N2O4. The Morgan fingerprint density at radius 2 is 2.05 bits per heavy atom. The second-order valence-corrected chi connectivity index (χ2v) is 6.23. The standard InChI is InChI=1S/C15H18N2O4/c1-16(21-2)13(18)15(9-14(10-15)6-7-14)11-4-3-5-12(8-11)17(19)20/h3-5,8H,6-7,9-10H2,1-2H3. The molecule has 0 aliphatic heterocycles. The van der Waals surface area contributed by atoms with Crippen molar-refractivity contribution in [1.29, 1.82) is 0 Å². The Hall–Kier alpha value is -1.95. The second kappa shape index (κ2) is 4.53. The quantitative estimate of drug-likeness (QED) is 0.630. The minimum Gasteiger partial charge on any atom is -0.275 e. The van der Waals surface area contributed by atoms with Crippen LogP contribution in [0.4, 0.5) is 5.69 Å². The summed E-state index contributed by atoms with van der Waals surface area (Å²) in [7, 11) is 3.03. The second-order valence-electron chi connectivity index (χ2n) is 6.23. The van der Waals surface area contributed by atoms with Crippen LogP contribution >= 0.6 is 0 Å². The summed E-state index contributed by atoms with van der Waals surface area (Å²) in [5.41, 5.74) is 0.363. The van der Waals surface area contributed by atoms with Gasteiger partial charge in [0.15, 0.2) is 0 Å². The summed E-state index contributed by atoms with van der Waals surface area (Å²) in [6.45, 7) is 0. The van der Waals surface area contributed by atoms with E-state index in [1.807, 2.05) is 6.07 Å². The highest BCUT2D eigenvalue weighted by Crippen LogP contribution is 2.69. The predicted octanol–water partition coefficient (Wildman–Crippen LogP) is 2.43. The van der Waals surface area contributed by atoms with Gasteiger partial charge in [0.05, 0.1) is 17.4 Å². The Bertz CT molecular complexity index is 601. The Balaban J connectivity index is 1.98. The van der Waals surface area contributed by atoms with Crippen LogP contribution in [0, 0.1) is 15.5 Å². The van der Waals surface area contributed by atoms with E-state index in [0.29, 0.717) is 0 Å². The molecule has 0 aromatic heterocycles. The largest absolute Gasteiger partial charge is 0.275 e. The first-order chi connectivity index (χ1) is 9.92. The predicted molar refractivity (Wildman–Crippen MR) is 75.5 cm³/mol. The first kappa shape index (κ1) is 14.0. The van der Waals surface area contributed by atoms with Crippen LogP contribution in [-0.4, -0.2) is 30.1 Å². The van der Waals surface area contributed by atoms with Crippen LogP contribution in [0.3, 0.4) is 0 Å². The average Bonchev–Trinajstić information content (AvgIpc) is 3.24. The van der Waals surface area contributed by atoms with Crippen molar-refractivity contribution in [3.63, 3.8) is 0 Å². The van der Waals surface area contributed by atoms with Crippen LogP contribution in [0.15, 0.2) is 24.3 Å². The molecule has 0 heterocycles. The van der Waals surface area contributed by atoms with E-state index in [-0.39, 0.29) is 17.0 Å². The SMILES string of the molecule is CON(C)C(=O)C1(c2cccc([N+](=O)[O-])c2)CC2(CC2)C1. The van der Waals surface area contributed by atoms with Crippen LogP contribution in [0.5, 0.6) is 0 Å². The minimum atomic E-state index is -0.673. The maximum absolute atomic E-state index is 12.7. The topological polar surface area (TPSA) is 72.7 Å². The molecule has 2 aliphatic carbocycles. The molecular weight excluding hydrogens is 272 g/mol. The van der Waals surface area contributed by atoms with E-state index >= 15 is 0 Å². The van der Waals surface area contributed by atoms with E-state index in [4.69, 9.17) is 4.84 Å². The van der Waals surface area contributed by atoms with Crippen molar-refractivity contribution in [3.05, 3.63) is 39.9 Å². The van der Waals surface area contributed by atoms with Gasteiger partial charge in [0, 0.05) is 19.2 Å². The maximum atomic E-state index is 12.7. The van der Waals surface area contributed by atoms with Crippen molar-refractivity contribution in [3.8, 4) is 0 Å². The van der Waals surface area contributed by atoms with Gasteiger partial charge in [-0.05, 0) is 36.7 Å². The number of non-ortho nitro benzene ring substituents is 1. The summed E-state index contributed by atoms with van der Waals surface area (Å²) in [5.74, 6) is -0.122. The molecule has 6 nitrogen and oxygen atoms in total. The van der Waals surface area contributed by atoms with Gasteiger partial charge >= 0.3 is 0 Å². The molecule has 1 amide bonds. The fraction of sp³-hybridized carbons (Fsp3) is 0.533. The zero-order valence-electron chi connectivity index (χ0n) is 12.2. The van der Waals surface area contributed by atoms with Crippen LogP contribution in [0.2, 0.25) is 0 Å². The van der Waals surface area contributed by atoms with Gasteiger partial charge in [-0.3, -0.25) is 19.7 Å². The molecule has 0 saturated heterocycles. The van der Waals surface area contributed by atoms with E-state index in [9.17, 15) is 14.9 Å². The summed E-state index contributed by atoms with van der Waals surface area (Å²) >= 11 is 0. The van der Waals surface area contributed by atoms with Crippen molar-refractivity contribution in [2.24, 2.45) is 5.41 Å². The van der Waals surface area contributed by atoms with Crippen LogP contribution in [0.25, 0.3) is 0 Å². The van der Waals surface area contributed by atoms with Gasteiger partial charge in [0.2, 0.25) is 0 Å². The highest BCUT2D eigenvalue weighted by Gasteiger charge is 2.65. The van der Waals surface area contributed by atoms with E-state index in [2.05, 4.69) is 0 Å². The number of hydroxylamine groups is 2. The van der Waals surface area contributed by atoms with Crippen molar-refractivity contribution < 1.29 is 14.6 Å². The first-order valence-electron chi connectivity index (χ1n) is 7.00. The molecule has 2 saturated carbocycles. The molecule has 2 fully saturated rings. The smallest absolute Gasteiger partial charge is 0.269 e. The summed E-state index contributed by atoms with van der Waals surface area (Å²) in [5, 5.41) is 12.2. The highest BCUT2D eigenvalue weighted by molar-refractivity contribution is 5.89.